The minimum Gasteiger partial charge on any atom is -0.354 e. The second-order valence-corrected chi connectivity index (χ2v) is 6.48. The van der Waals surface area contributed by atoms with Crippen molar-refractivity contribution in [1.29, 1.82) is 0 Å². The molecule has 1 N–H and O–H groups in total. The van der Waals surface area contributed by atoms with Crippen LogP contribution in [0.15, 0.2) is 6.07 Å². The van der Waals surface area contributed by atoms with Crippen LogP contribution in [0.4, 0.5) is 5.95 Å². The van der Waals surface area contributed by atoms with Gasteiger partial charge >= 0.3 is 0 Å². The van der Waals surface area contributed by atoms with Gasteiger partial charge in [-0.05, 0) is 18.9 Å². The van der Waals surface area contributed by atoms with Gasteiger partial charge in [-0.3, -0.25) is 0 Å². The molecule has 0 bridgehead atoms. The Labute approximate surface area is 129 Å². The highest BCUT2D eigenvalue weighted by Crippen LogP contribution is 2.30. The summed E-state index contributed by atoms with van der Waals surface area (Å²) in [6, 6.07) is 2.12. The van der Waals surface area contributed by atoms with E-state index in [2.05, 4.69) is 35.2 Å². The van der Waals surface area contributed by atoms with Crippen LogP contribution in [0.2, 0.25) is 5.15 Å². The lowest BCUT2D eigenvalue weighted by Gasteiger charge is -2.04. The minimum atomic E-state index is 0.560. The van der Waals surface area contributed by atoms with Crippen molar-refractivity contribution < 1.29 is 0 Å². The first kappa shape index (κ1) is 15.5. The van der Waals surface area contributed by atoms with Crippen molar-refractivity contribution in [2.45, 2.75) is 52.4 Å². The van der Waals surface area contributed by atoms with Crippen molar-refractivity contribution in [1.82, 2.24) is 9.97 Å². The van der Waals surface area contributed by atoms with Crippen LogP contribution in [-0.4, -0.2) is 16.5 Å². The molecule has 0 spiro atoms. The van der Waals surface area contributed by atoms with Crippen molar-refractivity contribution in [3.63, 3.8) is 0 Å². The Hall–Kier alpha value is -0.870. The highest BCUT2D eigenvalue weighted by Gasteiger charge is 2.09. The van der Waals surface area contributed by atoms with Gasteiger partial charge in [-0.2, -0.15) is 0 Å². The van der Waals surface area contributed by atoms with Crippen molar-refractivity contribution in [2.24, 2.45) is 0 Å². The molecule has 0 aromatic carbocycles. The molecule has 0 unspecified atom stereocenters. The predicted molar refractivity (Wildman–Crippen MR) is 89.1 cm³/mol. The Morgan fingerprint density at radius 2 is 2.00 bits per heavy atom. The van der Waals surface area contributed by atoms with Gasteiger partial charge in [-0.15, -0.1) is 11.3 Å². The first-order valence-corrected chi connectivity index (χ1v) is 8.63. The van der Waals surface area contributed by atoms with E-state index >= 15 is 0 Å². The molecule has 0 amide bonds. The first-order chi connectivity index (χ1) is 9.74. The Morgan fingerprint density at radius 3 is 2.75 bits per heavy atom. The maximum Gasteiger partial charge on any atom is 0.225 e. The van der Waals surface area contributed by atoms with Gasteiger partial charge in [-0.1, -0.05) is 51.1 Å². The fraction of sp³-hybridized carbons (Fsp3) is 0.600. The van der Waals surface area contributed by atoms with Crippen LogP contribution in [0.25, 0.3) is 10.2 Å². The van der Waals surface area contributed by atoms with Crippen LogP contribution in [0, 0.1) is 0 Å². The lowest BCUT2D eigenvalue weighted by atomic mass is 10.2. The molecule has 2 heterocycles. The number of aryl methyl sites for hydroxylation is 1. The Balaban J connectivity index is 2.03. The summed E-state index contributed by atoms with van der Waals surface area (Å²) < 4.78 is 0. The Bertz CT molecular complexity index is 553. The van der Waals surface area contributed by atoms with Crippen LogP contribution in [0.3, 0.4) is 0 Å². The van der Waals surface area contributed by atoms with Crippen molar-refractivity contribution >= 4 is 39.1 Å². The number of nitrogens with zero attached hydrogens (tertiary/aromatic N) is 2. The van der Waals surface area contributed by atoms with Gasteiger partial charge < -0.3 is 5.32 Å². The third kappa shape index (κ3) is 4.06. The molecule has 0 saturated heterocycles. The van der Waals surface area contributed by atoms with E-state index in [-0.39, 0.29) is 0 Å². The van der Waals surface area contributed by atoms with E-state index in [1.807, 2.05) is 0 Å². The van der Waals surface area contributed by atoms with E-state index in [0.717, 1.165) is 36.0 Å². The second-order valence-electron chi connectivity index (χ2n) is 5.01. The van der Waals surface area contributed by atoms with Gasteiger partial charge in [0.25, 0.3) is 0 Å². The molecule has 2 aromatic rings. The summed E-state index contributed by atoms with van der Waals surface area (Å²) in [6.07, 6.45) is 7.16. The standard InChI is InChI=1S/C15H22ClN3S/c1-3-5-6-7-9-17-15-18-13(16)12-10-11(8-4-2)20-14(12)19-15/h10H,3-9H2,1-2H3,(H,17,18,19). The van der Waals surface area contributed by atoms with Gasteiger partial charge in [0.05, 0.1) is 0 Å². The molecule has 5 heteroatoms. The van der Waals surface area contributed by atoms with E-state index in [1.54, 1.807) is 11.3 Å². The number of nitrogens with one attached hydrogen (secondary N) is 1. The van der Waals surface area contributed by atoms with Crippen LogP contribution >= 0.6 is 22.9 Å². The molecule has 110 valence electrons. The molecule has 20 heavy (non-hydrogen) atoms. The molecule has 0 atom stereocenters. The van der Waals surface area contributed by atoms with E-state index in [4.69, 9.17) is 11.6 Å². The molecule has 3 nitrogen and oxygen atoms in total. The number of hydrogen-bond acceptors (Lipinski definition) is 4. The molecule has 0 aliphatic heterocycles. The molecule has 0 fully saturated rings. The number of anilines is 1. The third-order valence-electron chi connectivity index (χ3n) is 3.21. The maximum absolute atomic E-state index is 6.25. The lowest BCUT2D eigenvalue weighted by molar-refractivity contribution is 0.683. The monoisotopic (exact) mass is 311 g/mol. The zero-order chi connectivity index (χ0) is 14.4. The number of fused-ring (bicyclic) bond motifs is 1. The first-order valence-electron chi connectivity index (χ1n) is 7.44. The van der Waals surface area contributed by atoms with Gasteiger partial charge in [0.15, 0.2) is 0 Å². The molecule has 0 aliphatic rings. The highest BCUT2D eigenvalue weighted by atomic mass is 35.5. The third-order valence-corrected chi connectivity index (χ3v) is 4.58. The molecule has 0 aliphatic carbocycles. The van der Waals surface area contributed by atoms with Gasteiger partial charge in [0, 0.05) is 16.8 Å². The largest absolute Gasteiger partial charge is 0.354 e. The average molecular weight is 312 g/mol. The van der Waals surface area contributed by atoms with Crippen LogP contribution in [0.5, 0.6) is 0 Å². The summed E-state index contributed by atoms with van der Waals surface area (Å²) in [7, 11) is 0. The predicted octanol–water partition coefficient (Wildman–Crippen LogP) is 5.29. The van der Waals surface area contributed by atoms with E-state index in [0.29, 0.717) is 11.1 Å². The molecular weight excluding hydrogens is 290 g/mol. The Kier molecular flexibility index (Phi) is 6.05. The van der Waals surface area contributed by atoms with Crippen molar-refractivity contribution in [2.75, 3.05) is 11.9 Å². The molecular formula is C15H22ClN3S. The fourth-order valence-corrected chi connectivity index (χ4v) is 3.55. The molecule has 2 rings (SSSR count). The zero-order valence-electron chi connectivity index (χ0n) is 12.2. The van der Waals surface area contributed by atoms with Crippen molar-refractivity contribution in [3.05, 3.63) is 16.1 Å². The summed E-state index contributed by atoms with van der Waals surface area (Å²) in [4.78, 5) is 11.2. The van der Waals surface area contributed by atoms with E-state index in [1.165, 1.54) is 24.1 Å². The quantitative estimate of drug-likeness (QED) is 0.531. The van der Waals surface area contributed by atoms with Gasteiger partial charge in [0.2, 0.25) is 5.95 Å². The number of aromatic nitrogens is 2. The zero-order valence-corrected chi connectivity index (χ0v) is 13.8. The maximum atomic E-state index is 6.25. The number of rotatable bonds is 8. The number of unbranched alkanes of at least 4 members (excludes halogenated alkanes) is 3. The molecule has 0 radical (unpaired) electrons. The summed E-state index contributed by atoms with van der Waals surface area (Å²) in [6.45, 7) is 5.31. The summed E-state index contributed by atoms with van der Waals surface area (Å²) in [5, 5.41) is 4.82. The van der Waals surface area contributed by atoms with Crippen molar-refractivity contribution in [3.8, 4) is 0 Å². The normalized spacial score (nSPS) is 11.2. The summed E-state index contributed by atoms with van der Waals surface area (Å²) >= 11 is 7.98. The van der Waals surface area contributed by atoms with E-state index < -0.39 is 0 Å². The number of halogens is 1. The van der Waals surface area contributed by atoms with Crippen LogP contribution < -0.4 is 5.32 Å². The van der Waals surface area contributed by atoms with Gasteiger partial charge in [0.1, 0.15) is 9.98 Å². The molecule has 2 aromatic heterocycles. The summed E-state index contributed by atoms with van der Waals surface area (Å²) in [5.41, 5.74) is 0. The minimum absolute atomic E-state index is 0.560. The SMILES string of the molecule is CCCCCCNc1nc(Cl)c2cc(CCC)sc2n1. The molecule has 0 saturated carbocycles. The number of thiophene rings is 1. The second kappa shape index (κ2) is 7.79. The van der Waals surface area contributed by atoms with Gasteiger partial charge in [-0.25, -0.2) is 9.97 Å². The van der Waals surface area contributed by atoms with Crippen LogP contribution in [0.1, 0.15) is 50.8 Å². The number of hydrogen-bond donors (Lipinski definition) is 1. The van der Waals surface area contributed by atoms with Crippen LogP contribution in [-0.2, 0) is 6.42 Å². The average Bonchev–Trinajstić information content (AvgIpc) is 2.82. The van der Waals surface area contributed by atoms with E-state index in [9.17, 15) is 0 Å². The summed E-state index contributed by atoms with van der Waals surface area (Å²) in [5.74, 6) is 0.656. The lowest BCUT2D eigenvalue weighted by Crippen LogP contribution is -2.05. The smallest absolute Gasteiger partial charge is 0.225 e. The topological polar surface area (TPSA) is 37.8 Å². The fourth-order valence-electron chi connectivity index (χ4n) is 2.14. The Morgan fingerprint density at radius 1 is 1.15 bits per heavy atom. The highest BCUT2D eigenvalue weighted by molar-refractivity contribution is 7.18.